The number of hydrogen-bond acceptors (Lipinski definition) is 10. The summed E-state index contributed by atoms with van der Waals surface area (Å²) in [6.45, 7) is 5.99. The fourth-order valence-electron chi connectivity index (χ4n) is 5.62. The van der Waals surface area contributed by atoms with Gasteiger partial charge in [0.05, 0.1) is 23.8 Å². The Hall–Kier alpha value is -4.12. The number of amides is 1. The second-order valence-corrected chi connectivity index (χ2v) is 11.2. The molecule has 0 radical (unpaired) electrons. The minimum Gasteiger partial charge on any atom is -0.379 e. The number of aromatic nitrogens is 1. The van der Waals surface area contributed by atoms with Gasteiger partial charge in [0.15, 0.2) is 5.69 Å². The summed E-state index contributed by atoms with van der Waals surface area (Å²) in [5.74, 6) is 7.54. The molecule has 11 heteroatoms. The maximum absolute atomic E-state index is 12.9. The number of nitrogens with one attached hydrogen (secondary N) is 4. The van der Waals surface area contributed by atoms with Gasteiger partial charge in [0, 0.05) is 24.6 Å². The van der Waals surface area contributed by atoms with Gasteiger partial charge in [-0.15, -0.1) is 0 Å². The molecular formula is C30H39N5O6. The number of rotatable bonds is 14. The van der Waals surface area contributed by atoms with Crippen LogP contribution in [0.4, 0.5) is 0 Å². The molecule has 1 aliphatic carbocycles. The lowest BCUT2D eigenvalue weighted by Gasteiger charge is -2.32. The lowest BCUT2D eigenvalue weighted by Crippen LogP contribution is -2.49. The predicted molar refractivity (Wildman–Crippen MR) is 151 cm³/mol. The summed E-state index contributed by atoms with van der Waals surface area (Å²) in [5, 5.41) is 15.9. The first-order valence-corrected chi connectivity index (χ1v) is 14.3. The van der Waals surface area contributed by atoms with Crippen molar-refractivity contribution in [1.82, 2.24) is 26.4 Å². The molecule has 1 aliphatic heterocycles. The van der Waals surface area contributed by atoms with Crippen molar-refractivity contribution in [3.63, 3.8) is 0 Å². The molecule has 3 unspecified atom stereocenters. The second kappa shape index (κ2) is 15.6. The fraction of sp³-hybridized carbons (Fsp3) is 0.600. The van der Waals surface area contributed by atoms with Gasteiger partial charge in [-0.05, 0) is 38.0 Å². The molecule has 0 bridgehead atoms. The molecule has 1 aromatic rings. The molecule has 3 rings (SSSR count). The molecule has 2 aliphatic rings. The van der Waals surface area contributed by atoms with E-state index in [0.717, 1.165) is 32.1 Å². The largest absolute Gasteiger partial charge is 0.379 e. The number of nitrogens with zero attached hydrogens (tertiary/aromatic N) is 1. The van der Waals surface area contributed by atoms with Crippen molar-refractivity contribution < 1.29 is 28.5 Å². The zero-order valence-electron chi connectivity index (χ0n) is 23.9. The first kappa shape index (κ1) is 31.4. The average Bonchev–Trinajstić information content (AvgIpc) is 3.61. The fourth-order valence-corrected chi connectivity index (χ4v) is 5.62. The Morgan fingerprint density at radius 2 is 1.78 bits per heavy atom. The average molecular weight is 566 g/mol. The van der Waals surface area contributed by atoms with Gasteiger partial charge in [-0.2, -0.15) is 0 Å². The van der Waals surface area contributed by atoms with Crippen LogP contribution < -0.4 is 21.3 Å². The molecule has 4 atom stereocenters. The molecule has 4 N–H and O–H groups in total. The number of allylic oxidation sites excluding steroid dienone is 1. The number of carbonyl (C=O) groups is 1. The van der Waals surface area contributed by atoms with Crippen LogP contribution in [0.5, 0.6) is 0 Å². The van der Waals surface area contributed by atoms with Gasteiger partial charge in [0.25, 0.3) is 5.91 Å². The van der Waals surface area contributed by atoms with Crippen LogP contribution in [-0.4, -0.2) is 59.5 Å². The molecule has 2 heterocycles. The maximum atomic E-state index is 12.9. The van der Waals surface area contributed by atoms with E-state index in [0.29, 0.717) is 43.2 Å². The summed E-state index contributed by atoms with van der Waals surface area (Å²) >= 11 is 0. The van der Waals surface area contributed by atoms with E-state index in [1.165, 1.54) is 12.1 Å². The van der Waals surface area contributed by atoms with E-state index in [1.807, 2.05) is 31.7 Å². The summed E-state index contributed by atoms with van der Waals surface area (Å²) < 4.78 is 5.01. The molecular weight excluding hydrogens is 526 g/mol. The van der Waals surface area contributed by atoms with Crippen molar-refractivity contribution in [1.29, 1.82) is 0 Å². The SMILES string of the molecule is Cc1cc(C(=O)NC(C(=C=O)NC(CC2CCCCC2)C(=C=O)NC(C=C=O)C[C@@H]2CCNC2=C=O)C(C)C)no1. The number of aryl methyl sites for hydroxylation is 1. The van der Waals surface area contributed by atoms with Crippen LogP contribution in [0.1, 0.15) is 81.5 Å². The van der Waals surface area contributed by atoms with Crippen molar-refractivity contribution in [2.75, 3.05) is 6.54 Å². The Bertz CT molecular complexity index is 1260. The molecule has 11 nitrogen and oxygen atoms in total. The summed E-state index contributed by atoms with van der Waals surface area (Å²) in [4.78, 5) is 60.2. The van der Waals surface area contributed by atoms with Crippen molar-refractivity contribution in [3.05, 3.63) is 40.7 Å². The summed E-state index contributed by atoms with van der Waals surface area (Å²) in [7, 11) is 0. The van der Waals surface area contributed by atoms with Crippen molar-refractivity contribution in [2.24, 2.45) is 17.8 Å². The quantitative estimate of drug-likeness (QED) is 0.246. The lowest BCUT2D eigenvalue weighted by molar-refractivity contribution is 0.0923. The summed E-state index contributed by atoms with van der Waals surface area (Å²) in [6, 6.07) is -0.522. The van der Waals surface area contributed by atoms with E-state index >= 15 is 0 Å². The molecule has 1 saturated carbocycles. The van der Waals surface area contributed by atoms with Gasteiger partial charge in [0.2, 0.25) is 0 Å². The summed E-state index contributed by atoms with van der Waals surface area (Å²) in [6.07, 6.45) is 8.16. The highest BCUT2D eigenvalue weighted by atomic mass is 16.5. The van der Waals surface area contributed by atoms with E-state index in [4.69, 9.17) is 4.52 Å². The third kappa shape index (κ3) is 8.94. The highest BCUT2D eigenvalue weighted by Gasteiger charge is 2.31. The molecule has 1 aromatic heterocycles. The molecule has 0 spiro atoms. The Labute approximate surface area is 239 Å². The van der Waals surface area contributed by atoms with E-state index in [1.54, 1.807) is 12.9 Å². The molecule has 1 amide bonds. The van der Waals surface area contributed by atoms with Gasteiger partial charge in [-0.1, -0.05) is 51.1 Å². The van der Waals surface area contributed by atoms with Crippen LogP contribution in [0, 0.1) is 24.7 Å². The van der Waals surface area contributed by atoms with Crippen molar-refractivity contribution >= 4 is 29.7 Å². The Kier molecular flexibility index (Phi) is 12.0. The van der Waals surface area contributed by atoms with Crippen LogP contribution >= 0.6 is 0 Å². The van der Waals surface area contributed by atoms with Crippen molar-refractivity contribution in [3.8, 4) is 0 Å². The zero-order chi connectivity index (χ0) is 29.8. The first-order chi connectivity index (χ1) is 19.8. The van der Waals surface area contributed by atoms with Crippen LogP contribution in [0.2, 0.25) is 0 Å². The summed E-state index contributed by atoms with van der Waals surface area (Å²) in [5.41, 5.74) is 0.746. The smallest absolute Gasteiger partial charge is 0.274 e. The number of hydrogen-bond donors (Lipinski definition) is 4. The molecule has 41 heavy (non-hydrogen) atoms. The van der Waals surface area contributed by atoms with Crippen LogP contribution in [-0.2, 0) is 19.2 Å². The van der Waals surface area contributed by atoms with Crippen LogP contribution in [0.3, 0.4) is 0 Å². The topological polar surface area (TPSA) is 160 Å². The van der Waals surface area contributed by atoms with Gasteiger partial charge >= 0.3 is 0 Å². The van der Waals surface area contributed by atoms with Crippen LogP contribution in [0.15, 0.2) is 33.8 Å². The Morgan fingerprint density at radius 3 is 2.37 bits per heavy atom. The maximum Gasteiger partial charge on any atom is 0.274 e. The predicted octanol–water partition coefficient (Wildman–Crippen LogP) is 2.16. The van der Waals surface area contributed by atoms with E-state index in [9.17, 15) is 24.0 Å². The van der Waals surface area contributed by atoms with Gasteiger partial charge in [-0.25, -0.2) is 19.2 Å². The van der Waals surface area contributed by atoms with E-state index in [-0.39, 0.29) is 28.9 Å². The lowest BCUT2D eigenvalue weighted by atomic mass is 9.84. The van der Waals surface area contributed by atoms with Crippen LogP contribution in [0.25, 0.3) is 0 Å². The van der Waals surface area contributed by atoms with E-state index < -0.39 is 24.0 Å². The third-order valence-corrected chi connectivity index (χ3v) is 7.79. The Balaban J connectivity index is 1.85. The molecule has 2 fully saturated rings. The minimum atomic E-state index is -0.755. The highest BCUT2D eigenvalue weighted by Crippen LogP contribution is 2.29. The standard InChI is InChI=1S/C30H39N5O6/c1-19(2)29(34-30(40)25-13-20(3)41-35-25)28(18-39)33-24(14-21-7-5-4-6-8-21)27(17-38)32-23(10-12-36)15-22-9-11-31-26(22)16-37/h10,13,19,21-24,29,31-33H,4-9,11,14-15H2,1-3H3,(H,34,40)/t22-,23?,24?,29?/m0/s1. The minimum absolute atomic E-state index is 0.0811. The zero-order valence-corrected chi connectivity index (χ0v) is 23.9. The Morgan fingerprint density at radius 1 is 1.05 bits per heavy atom. The van der Waals surface area contributed by atoms with Gasteiger partial charge < -0.3 is 25.8 Å². The molecule has 1 saturated heterocycles. The monoisotopic (exact) mass is 565 g/mol. The van der Waals surface area contributed by atoms with Crippen molar-refractivity contribution in [2.45, 2.75) is 90.3 Å². The van der Waals surface area contributed by atoms with Gasteiger partial charge in [0.1, 0.15) is 40.9 Å². The third-order valence-electron chi connectivity index (χ3n) is 7.79. The second-order valence-electron chi connectivity index (χ2n) is 11.2. The van der Waals surface area contributed by atoms with Gasteiger partial charge in [-0.3, -0.25) is 4.79 Å². The highest BCUT2D eigenvalue weighted by molar-refractivity contribution is 5.92. The first-order valence-electron chi connectivity index (χ1n) is 14.3. The molecule has 0 aromatic carbocycles. The van der Waals surface area contributed by atoms with E-state index in [2.05, 4.69) is 26.4 Å². The molecule has 220 valence electrons. The normalized spacial score (nSPS) is 18.9. The number of carbonyl (C=O) groups excluding carboxylic acids is 5.